The quantitative estimate of drug-likeness (QED) is 0.681. The smallest absolute Gasteiger partial charge is 0.363 e. The van der Waals surface area contributed by atoms with Crippen LogP contribution in [0.1, 0.15) is 11.1 Å². The predicted molar refractivity (Wildman–Crippen MR) is 62.9 cm³/mol. The zero-order valence-corrected chi connectivity index (χ0v) is 10.3. The van der Waals surface area contributed by atoms with Gasteiger partial charge in [0.05, 0.1) is 5.56 Å². The summed E-state index contributed by atoms with van der Waals surface area (Å²) in [6, 6.07) is 4.91. The molecule has 1 N–H and O–H groups in total. The first-order valence-electron chi connectivity index (χ1n) is 5.69. The van der Waals surface area contributed by atoms with Crippen LogP contribution in [-0.4, -0.2) is 4.98 Å². The van der Waals surface area contributed by atoms with Crippen molar-refractivity contribution >= 4 is 5.82 Å². The molecule has 2 nitrogen and oxygen atoms in total. The lowest BCUT2D eigenvalue weighted by Crippen LogP contribution is -2.13. The summed E-state index contributed by atoms with van der Waals surface area (Å²) < 4.78 is 77.1. The Hall–Kier alpha value is -2.25. The van der Waals surface area contributed by atoms with E-state index in [0.717, 1.165) is 6.07 Å². The zero-order valence-electron chi connectivity index (χ0n) is 10.3. The molecule has 21 heavy (non-hydrogen) atoms. The number of pyridine rings is 1. The van der Waals surface area contributed by atoms with Crippen molar-refractivity contribution in [3.8, 4) is 0 Å². The average Bonchev–Trinajstić information content (AvgIpc) is 2.41. The first-order valence-corrected chi connectivity index (χ1v) is 5.69. The van der Waals surface area contributed by atoms with Gasteiger partial charge in [-0.2, -0.15) is 22.5 Å². The van der Waals surface area contributed by atoms with E-state index in [1.165, 1.54) is 18.2 Å². The fourth-order valence-electron chi connectivity index (χ4n) is 1.70. The first-order chi connectivity index (χ1) is 9.79. The molecule has 0 atom stereocenters. The molecule has 0 aliphatic rings. The standard InChI is InChI=1S/C13H8F6N2/c14-9-5-10(15)12(21-11(9)16)20-6-7-3-1-2-4-8(7)13(17,18)19/h1-5H,6H2,(H,20,21). The van der Waals surface area contributed by atoms with E-state index < -0.39 is 41.7 Å². The molecular formula is C13H8F6N2. The monoisotopic (exact) mass is 306 g/mol. The average molecular weight is 306 g/mol. The van der Waals surface area contributed by atoms with Crippen molar-refractivity contribution < 1.29 is 26.3 Å². The molecule has 1 heterocycles. The molecule has 112 valence electrons. The van der Waals surface area contributed by atoms with E-state index >= 15 is 0 Å². The summed E-state index contributed by atoms with van der Waals surface area (Å²) in [5, 5.41) is 2.22. The maximum Gasteiger partial charge on any atom is 0.416 e. The van der Waals surface area contributed by atoms with Crippen molar-refractivity contribution in [1.82, 2.24) is 4.98 Å². The lowest BCUT2D eigenvalue weighted by Gasteiger charge is -2.13. The Morgan fingerprint density at radius 1 is 1.00 bits per heavy atom. The van der Waals surface area contributed by atoms with Crippen LogP contribution >= 0.6 is 0 Å². The van der Waals surface area contributed by atoms with E-state index in [1.807, 2.05) is 0 Å². The highest BCUT2D eigenvalue weighted by atomic mass is 19.4. The van der Waals surface area contributed by atoms with Crippen LogP contribution in [0.4, 0.5) is 32.2 Å². The summed E-state index contributed by atoms with van der Waals surface area (Å²) in [6.45, 7) is -0.440. The van der Waals surface area contributed by atoms with Gasteiger partial charge in [-0.3, -0.25) is 0 Å². The number of halogens is 6. The normalized spacial score (nSPS) is 11.5. The second-order valence-electron chi connectivity index (χ2n) is 4.10. The summed E-state index contributed by atoms with van der Waals surface area (Å²) in [5.74, 6) is -4.87. The van der Waals surface area contributed by atoms with Gasteiger partial charge in [0.15, 0.2) is 17.5 Å². The minimum Gasteiger partial charge on any atom is -0.363 e. The second kappa shape index (κ2) is 5.63. The van der Waals surface area contributed by atoms with E-state index in [9.17, 15) is 26.3 Å². The van der Waals surface area contributed by atoms with Crippen LogP contribution in [0.25, 0.3) is 0 Å². The van der Waals surface area contributed by atoms with E-state index in [-0.39, 0.29) is 11.6 Å². The van der Waals surface area contributed by atoms with E-state index in [2.05, 4.69) is 10.3 Å². The molecule has 0 aliphatic heterocycles. The van der Waals surface area contributed by atoms with Gasteiger partial charge < -0.3 is 5.32 Å². The highest BCUT2D eigenvalue weighted by molar-refractivity contribution is 5.39. The van der Waals surface area contributed by atoms with Gasteiger partial charge in [-0.15, -0.1) is 0 Å². The van der Waals surface area contributed by atoms with Crippen LogP contribution in [0.5, 0.6) is 0 Å². The Morgan fingerprint density at radius 2 is 1.67 bits per heavy atom. The summed E-state index contributed by atoms with van der Waals surface area (Å²) in [6.07, 6.45) is -4.57. The number of rotatable bonds is 3. The van der Waals surface area contributed by atoms with Crippen LogP contribution in [0.15, 0.2) is 30.3 Å². The number of nitrogens with one attached hydrogen (secondary N) is 1. The van der Waals surface area contributed by atoms with Gasteiger partial charge in [-0.1, -0.05) is 18.2 Å². The fourth-order valence-corrected chi connectivity index (χ4v) is 1.70. The molecule has 8 heteroatoms. The highest BCUT2D eigenvalue weighted by Crippen LogP contribution is 2.32. The topological polar surface area (TPSA) is 24.9 Å². The number of aromatic nitrogens is 1. The van der Waals surface area contributed by atoms with Crippen molar-refractivity contribution in [2.45, 2.75) is 12.7 Å². The molecule has 0 saturated carbocycles. The third-order valence-corrected chi connectivity index (χ3v) is 2.66. The number of hydrogen-bond acceptors (Lipinski definition) is 2. The molecule has 0 amide bonds. The molecule has 0 aliphatic carbocycles. The van der Waals surface area contributed by atoms with Crippen LogP contribution < -0.4 is 5.32 Å². The Bertz CT molecular complexity index is 654. The van der Waals surface area contributed by atoms with Gasteiger partial charge in [0.2, 0.25) is 0 Å². The summed E-state index contributed by atoms with van der Waals surface area (Å²) in [7, 11) is 0. The Balaban J connectivity index is 2.23. The number of benzene rings is 1. The maximum atomic E-state index is 13.3. The van der Waals surface area contributed by atoms with Crippen LogP contribution in [-0.2, 0) is 12.7 Å². The van der Waals surface area contributed by atoms with Crippen molar-refractivity contribution in [2.24, 2.45) is 0 Å². The third-order valence-electron chi connectivity index (χ3n) is 2.66. The number of anilines is 1. The number of alkyl halides is 3. The van der Waals surface area contributed by atoms with Crippen LogP contribution in [0.3, 0.4) is 0 Å². The Morgan fingerprint density at radius 3 is 2.33 bits per heavy atom. The predicted octanol–water partition coefficient (Wildman–Crippen LogP) is 4.13. The fraction of sp³-hybridized carbons (Fsp3) is 0.154. The molecular weight excluding hydrogens is 298 g/mol. The Labute approximate surface area is 115 Å². The molecule has 0 saturated heterocycles. The molecule has 1 aromatic heterocycles. The molecule has 0 radical (unpaired) electrons. The molecule has 2 aromatic rings. The van der Waals surface area contributed by atoms with Crippen molar-refractivity contribution in [3.05, 3.63) is 59.0 Å². The SMILES string of the molecule is Fc1cc(F)c(NCc2ccccc2C(F)(F)F)nc1F. The molecule has 0 spiro atoms. The van der Waals surface area contributed by atoms with Crippen molar-refractivity contribution in [2.75, 3.05) is 5.32 Å². The van der Waals surface area contributed by atoms with Crippen molar-refractivity contribution in [1.29, 1.82) is 0 Å². The van der Waals surface area contributed by atoms with E-state index in [0.29, 0.717) is 0 Å². The van der Waals surface area contributed by atoms with Gasteiger partial charge in [0, 0.05) is 12.6 Å². The number of hydrogen-bond donors (Lipinski definition) is 1. The van der Waals surface area contributed by atoms with Gasteiger partial charge in [-0.05, 0) is 11.6 Å². The molecule has 0 fully saturated rings. The molecule has 1 aromatic carbocycles. The van der Waals surface area contributed by atoms with Gasteiger partial charge >= 0.3 is 6.18 Å². The summed E-state index contributed by atoms with van der Waals surface area (Å²) >= 11 is 0. The molecule has 2 rings (SSSR count). The van der Waals surface area contributed by atoms with Gasteiger partial charge in [-0.25, -0.2) is 8.78 Å². The Kier molecular flexibility index (Phi) is 4.06. The largest absolute Gasteiger partial charge is 0.416 e. The van der Waals surface area contributed by atoms with Gasteiger partial charge in [0.25, 0.3) is 5.95 Å². The highest BCUT2D eigenvalue weighted by Gasteiger charge is 2.32. The molecule has 0 unspecified atom stereocenters. The van der Waals surface area contributed by atoms with Crippen LogP contribution in [0, 0.1) is 17.6 Å². The van der Waals surface area contributed by atoms with Crippen LogP contribution in [0.2, 0.25) is 0 Å². The second-order valence-corrected chi connectivity index (χ2v) is 4.10. The van der Waals surface area contributed by atoms with E-state index in [4.69, 9.17) is 0 Å². The lowest BCUT2D eigenvalue weighted by molar-refractivity contribution is -0.138. The minimum absolute atomic E-state index is 0.170. The van der Waals surface area contributed by atoms with Crippen molar-refractivity contribution in [3.63, 3.8) is 0 Å². The van der Waals surface area contributed by atoms with Gasteiger partial charge in [0.1, 0.15) is 0 Å². The minimum atomic E-state index is -4.57. The number of nitrogens with zero attached hydrogens (tertiary/aromatic N) is 1. The first kappa shape index (κ1) is 15.1. The summed E-state index contributed by atoms with van der Waals surface area (Å²) in [5.41, 5.74) is -1.07. The third kappa shape index (κ3) is 3.45. The summed E-state index contributed by atoms with van der Waals surface area (Å²) in [4.78, 5) is 2.97. The van der Waals surface area contributed by atoms with E-state index in [1.54, 1.807) is 0 Å². The maximum absolute atomic E-state index is 13.3. The molecule has 0 bridgehead atoms. The lowest BCUT2D eigenvalue weighted by atomic mass is 10.1. The zero-order chi connectivity index (χ0) is 15.6.